The molecule has 0 aliphatic carbocycles. The Morgan fingerprint density at radius 3 is 1.18 bits per heavy atom. The maximum Gasteiger partial charge on any atom is 0.156 e. The van der Waals surface area contributed by atoms with Gasteiger partial charge in [0.2, 0.25) is 0 Å². The van der Waals surface area contributed by atoms with E-state index in [2.05, 4.69) is 0 Å². The molecular formula is C12H28O5. The van der Waals surface area contributed by atoms with Gasteiger partial charge in [-0.1, -0.05) is 27.7 Å². The second kappa shape index (κ2) is 8.83. The lowest BCUT2D eigenvalue weighted by molar-refractivity contribution is -0.122. The average Bonchev–Trinajstić information content (AvgIpc) is 2.33. The maximum absolute atomic E-state index is 8.66. The highest BCUT2D eigenvalue weighted by molar-refractivity contribution is 4.74. The average molecular weight is 252 g/mol. The minimum Gasteiger partial charge on any atom is -0.396 e. The van der Waals surface area contributed by atoms with Crippen molar-refractivity contribution in [2.45, 2.75) is 46.8 Å². The Balaban J connectivity index is 0. The highest BCUT2D eigenvalue weighted by Gasteiger charge is 2.25. The molecule has 17 heavy (non-hydrogen) atoms. The maximum atomic E-state index is 8.66. The first-order valence-corrected chi connectivity index (χ1v) is 5.94. The Morgan fingerprint density at radius 1 is 0.824 bits per heavy atom. The van der Waals surface area contributed by atoms with Gasteiger partial charge in [-0.2, -0.15) is 0 Å². The molecule has 0 aliphatic heterocycles. The normalized spacial score (nSPS) is 12.4. The summed E-state index contributed by atoms with van der Waals surface area (Å²) < 4.78 is 0. The van der Waals surface area contributed by atoms with Crippen molar-refractivity contribution < 1.29 is 25.5 Å². The van der Waals surface area contributed by atoms with Crippen LogP contribution in [0, 0.1) is 10.8 Å². The molecule has 0 saturated carbocycles. The molecule has 0 aliphatic rings. The lowest BCUT2D eigenvalue weighted by Crippen LogP contribution is -2.32. The number of hydrogen-bond donors (Lipinski definition) is 5. The Morgan fingerprint density at radius 2 is 1.18 bits per heavy atom. The van der Waals surface area contributed by atoms with Crippen molar-refractivity contribution in [1.29, 1.82) is 0 Å². The van der Waals surface area contributed by atoms with Crippen LogP contribution in [-0.2, 0) is 0 Å². The molecular weight excluding hydrogens is 224 g/mol. The zero-order valence-corrected chi connectivity index (χ0v) is 11.3. The third kappa shape index (κ3) is 6.95. The molecule has 0 saturated heterocycles. The molecule has 0 amide bonds. The van der Waals surface area contributed by atoms with E-state index in [1.165, 1.54) is 0 Å². The van der Waals surface area contributed by atoms with E-state index in [9.17, 15) is 0 Å². The number of aliphatic hydroxyl groups excluding tert-OH is 4. The van der Waals surface area contributed by atoms with Crippen molar-refractivity contribution in [3.8, 4) is 0 Å². The first-order valence-electron chi connectivity index (χ1n) is 5.94. The third-order valence-electron chi connectivity index (χ3n) is 3.37. The van der Waals surface area contributed by atoms with Crippen molar-refractivity contribution in [1.82, 2.24) is 0 Å². The molecule has 0 aromatic rings. The van der Waals surface area contributed by atoms with Crippen LogP contribution in [0.25, 0.3) is 0 Å². The minimum absolute atomic E-state index is 0.156. The lowest BCUT2D eigenvalue weighted by atomic mass is 9.88. The smallest absolute Gasteiger partial charge is 0.156 e. The summed E-state index contributed by atoms with van der Waals surface area (Å²) in [6.07, 6.45) is 0.189. The Bertz CT molecular complexity index is 158. The Labute approximate surface area is 104 Å². The molecule has 0 bridgehead atoms. The molecule has 0 unspecified atom stereocenters. The molecule has 5 heteroatoms. The van der Waals surface area contributed by atoms with Gasteiger partial charge in [0.25, 0.3) is 0 Å². The molecule has 0 spiro atoms. The first-order chi connectivity index (χ1) is 7.75. The van der Waals surface area contributed by atoms with E-state index in [-0.39, 0.29) is 25.2 Å². The molecule has 0 radical (unpaired) electrons. The standard InChI is InChI=1S/C6H14O3.C6H14O2/c1-2-6(3-7,4-8)5-9;1-4-6(2,3)5(7)8/h7-9H,2-5H2,1H3;5,7-8H,4H2,1-3H3. The van der Waals surface area contributed by atoms with Crippen molar-refractivity contribution in [3.63, 3.8) is 0 Å². The second-order valence-electron chi connectivity index (χ2n) is 5.04. The number of hydrogen-bond acceptors (Lipinski definition) is 5. The Kier molecular flexibility index (Phi) is 9.94. The van der Waals surface area contributed by atoms with Gasteiger partial charge in [-0.3, -0.25) is 0 Å². The van der Waals surface area contributed by atoms with Crippen LogP contribution in [0.1, 0.15) is 40.5 Å². The van der Waals surface area contributed by atoms with Crippen molar-refractivity contribution in [2.75, 3.05) is 19.8 Å². The van der Waals surface area contributed by atoms with Gasteiger partial charge in [0.1, 0.15) is 0 Å². The van der Waals surface area contributed by atoms with Gasteiger partial charge in [-0.05, 0) is 12.8 Å². The van der Waals surface area contributed by atoms with Crippen LogP contribution in [0.2, 0.25) is 0 Å². The molecule has 0 aromatic heterocycles. The summed E-state index contributed by atoms with van der Waals surface area (Å²) in [5.41, 5.74) is -1.01. The minimum atomic E-state index is -1.19. The van der Waals surface area contributed by atoms with E-state index < -0.39 is 11.7 Å². The van der Waals surface area contributed by atoms with Gasteiger partial charge in [0.05, 0.1) is 19.8 Å². The van der Waals surface area contributed by atoms with Crippen LogP contribution in [0.4, 0.5) is 0 Å². The van der Waals surface area contributed by atoms with Crippen molar-refractivity contribution in [3.05, 3.63) is 0 Å². The predicted molar refractivity (Wildman–Crippen MR) is 66.3 cm³/mol. The fourth-order valence-electron chi connectivity index (χ4n) is 0.668. The highest BCUT2D eigenvalue weighted by Crippen LogP contribution is 2.22. The van der Waals surface area contributed by atoms with Crippen LogP contribution < -0.4 is 0 Å². The first kappa shape index (κ1) is 19.1. The topological polar surface area (TPSA) is 101 Å². The van der Waals surface area contributed by atoms with Crippen LogP contribution in [0.15, 0.2) is 0 Å². The van der Waals surface area contributed by atoms with E-state index in [0.29, 0.717) is 6.42 Å². The second-order valence-corrected chi connectivity index (χ2v) is 5.04. The van der Waals surface area contributed by atoms with E-state index in [4.69, 9.17) is 25.5 Å². The van der Waals surface area contributed by atoms with Crippen LogP contribution in [-0.4, -0.2) is 51.6 Å². The fourth-order valence-corrected chi connectivity index (χ4v) is 0.668. The highest BCUT2D eigenvalue weighted by atomic mass is 16.5. The van der Waals surface area contributed by atoms with E-state index in [1.54, 1.807) is 0 Å². The SMILES string of the molecule is CCC(C)(C)C(O)O.CCC(CO)(CO)CO. The molecule has 5 N–H and O–H groups in total. The molecule has 5 nitrogen and oxygen atoms in total. The van der Waals surface area contributed by atoms with Crippen molar-refractivity contribution in [2.24, 2.45) is 10.8 Å². The number of rotatable bonds is 6. The van der Waals surface area contributed by atoms with E-state index in [0.717, 1.165) is 6.42 Å². The molecule has 0 rings (SSSR count). The number of aliphatic hydroxyl groups is 5. The molecule has 0 atom stereocenters. The van der Waals surface area contributed by atoms with Crippen molar-refractivity contribution >= 4 is 0 Å². The van der Waals surface area contributed by atoms with Gasteiger partial charge in [0, 0.05) is 10.8 Å². The summed E-state index contributed by atoms with van der Waals surface area (Å²) in [7, 11) is 0. The monoisotopic (exact) mass is 252 g/mol. The zero-order chi connectivity index (χ0) is 14.1. The van der Waals surface area contributed by atoms with Gasteiger partial charge in [-0.15, -0.1) is 0 Å². The van der Waals surface area contributed by atoms with Crippen LogP contribution >= 0.6 is 0 Å². The summed E-state index contributed by atoms with van der Waals surface area (Å²) in [6, 6.07) is 0. The van der Waals surface area contributed by atoms with Gasteiger partial charge in [0.15, 0.2) is 6.29 Å². The quantitative estimate of drug-likeness (QED) is 0.431. The lowest BCUT2D eigenvalue weighted by Gasteiger charge is -2.24. The molecule has 0 fully saturated rings. The summed E-state index contributed by atoms with van der Waals surface area (Å²) in [5, 5.41) is 43.2. The van der Waals surface area contributed by atoms with Gasteiger partial charge < -0.3 is 25.5 Å². The van der Waals surface area contributed by atoms with E-state index >= 15 is 0 Å². The van der Waals surface area contributed by atoms with Crippen LogP contribution in [0.3, 0.4) is 0 Å². The largest absolute Gasteiger partial charge is 0.396 e. The van der Waals surface area contributed by atoms with Gasteiger partial charge >= 0.3 is 0 Å². The molecule has 106 valence electrons. The third-order valence-corrected chi connectivity index (χ3v) is 3.37. The summed E-state index contributed by atoms with van der Waals surface area (Å²) in [6.45, 7) is 6.92. The van der Waals surface area contributed by atoms with E-state index in [1.807, 2.05) is 27.7 Å². The zero-order valence-electron chi connectivity index (χ0n) is 11.3. The molecule has 0 heterocycles. The van der Waals surface area contributed by atoms with Crippen LogP contribution in [0.5, 0.6) is 0 Å². The fraction of sp³-hybridized carbons (Fsp3) is 1.00. The molecule has 0 aromatic carbocycles. The summed E-state index contributed by atoms with van der Waals surface area (Å²) in [4.78, 5) is 0. The summed E-state index contributed by atoms with van der Waals surface area (Å²) in [5.74, 6) is 0. The predicted octanol–water partition coefficient (Wildman–Crippen LogP) is 0.0930. The van der Waals surface area contributed by atoms with Gasteiger partial charge in [-0.25, -0.2) is 0 Å². The Hall–Kier alpha value is -0.200. The summed E-state index contributed by atoms with van der Waals surface area (Å²) >= 11 is 0.